The summed E-state index contributed by atoms with van der Waals surface area (Å²) in [6.07, 6.45) is 0. The van der Waals surface area contributed by atoms with Crippen LogP contribution in [0, 0.1) is 6.92 Å². The van der Waals surface area contributed by atoms with Gasteiger partial charge in [0, 0.05) is 10.4 Å². The number of aromatic nitrogens is 1. The maximum absolute atomic E-state index is 12.2. The number of thioether (sulfide) groups is 1. The number of halogens is 2. The topological polar surface area (TPSA) is 51.2 Å². The van der Waals surface area contributed by atoms with Crippen LogP contribution in [0.15, 0.2) is 47.5 Å². The van der Waals surface area contributed by atoms with Crippen LogP contribution in [0.3, 0.4) is 0 Å². The van der Waals surface area contributed by atoms with Gasteiger partial charge in [0.25, 0.3) is 0 Å². The summed E-state index contributed by atoms with van der Waals surface area (Å²) in [4.78, 5) is 16.9. The van der Waals surface area contributed by atoms with Crippen molar-refractivity contribution in [2.24, 2.45) is 0 Å². The number of carbonyl (C=O) groups excluding carboxylic acids is 1. The fourth-order valence-corrected chi connectivity index (χ4v) is 3.62. The van der Waals surface area contributed by atoms with Crippen LogP contribution in [0.4, 0.5) is 5.69 Å². The van der Waals surface area contributed by atoms with Crippen molar-refractivity contribution < 1.29 is 9.53 Å². The third-order valence-corrected chi connectivity index (χ3v) is 5.24. The molecule has 4 nitrogen and oxygen atoms in total. The quantitative estimate of drug-likeness (QED) is 0.561. The second-order valence-electron chi connectivity index (χ2n) is 5.59. The molecule has 0 radical (unpaired) electrons. The highest BCUT2D eigenvalue weighted by Crippen LogP contribution is 2.30. The van der Waals surface area contributed by atoms with E-state index < -0.39 is 0 Å². The Kier molecular flexibility index (Phi) is 5.91. The summed E-state index contributed by atoms with van der Waals surface area (Å²) in [5.74, 6) is 0.734. The molecule has 0 spiro atoms. The van der Waals surface area contributed by atoms with Gasteiger partial charge < -0.3 is 10.1 Å². The maximum Gasteiger partial charge on any atom is 0.234 e. The number of fused-ring (bicyclic) bond motifs is 1. The van der Waals surface area contributed by atoms with Crippen molar-refractivity contribution in [3.05, 3.63) is 58.1 Å². The number of hydrogen-bond acceptors (Lipinski definition) is 4. The van der Waals surface area contributed by atoms with Gasteiger partial charge in [-0.2, -0.15) is 0 Å². The Morgan fingerprint density at radius 2 is 2.04 bits per heavy atom. The summed E-state index contributed by atoms with van der Waals surface area (Å²) in [5.41, 5.74) is 2.36. The summed E-state index contributed by atoms with van der Waals surface area (Å²) in [6.45, 7) is 2.01. The number of methoxy groups -OCH3 is 1. The highest BCUT2D eigenvalue weighted by molar-refractivity contribution is 7.99. The second kappa shape index (κ2) is 8.16. The Labute approximate surface area is 165 Å². The number of nitrogens with one attached hydrogen (secondary N) is 1. The fourth-order valence-electron chi connectivity index (χ4n) is 2.52. The van der Waals surface area contributed by atoms with Gasteiger partial charge in [-0.1, -0.05) is 47.1 Å². The number of ether oxygens (including phenoxy) is 1. The lowest BCUT2D eigenvalue weighted by atomic mass is 10.1. The van der Waals surface area contributed by atoms with Gasteiger partial charge in [0.2, 0.25) is 5.91 Å². The van der Waals surface area contributed by atoms with Gasteiger partial charge in [-0.05, 0) is 42.8 Å². The molecule has 3 aromatic rings. The van der Waals surface area contributed by atoms with Crippen molar-refractivity contribution in [1.29, 1.82) is 0 Å². The van der Waals surface area contributed by atoms with Gasteiger partial charge in [0.15, 0.2) is 0 Å². The van der Waals surface area contributed by atoms with Crippen LogP contribution in [-0.2, 0) is 4.79 Å². The molecule has 0 saturated heterocycles. The van der Waals surface area contributed by atoms with Crippen molar-refractivity contribution >= 4 is 57.5 Å². The molecule has 0 aliphatic heterocycles. The lowest BCUT2D eigenvalue weighted by molar-refractivity contribution is -0.113. The fraction of sp³-hybridized carbons (Fsp3) is 0.158. The van der Waals surface area contributed by atoms with E-state index in [1.165, 1.54) is 11.8 Å². The van der Waals surface area contributed by atoms with Crippen molar-refractivity contribution in [3.63, 3.8) is 0 Å². The van der Waals surface area contributed by atoms with Gasteiger partial charge in [0.05, 0.1) is 28.6 Å². The molecule has 3 rings (SSSR count). The molecule has 0 bridgehead atoms. The first-order valence-corrected chi connectivity index (χ1v) is 9.54. The molecule has 1 N–H and O–H groups in total. The highest BCUT2D eigenvalue weighted by Gasteiger charge is 2.11. The molecule has 0 aliphatic carbocycles. The number of aryl methyl sites for hydroxylation is 1. The highest BCUT2D eigenvalue weighted by atomic mass is 35.5. The molecule has 1 heterocycles. The van der Waals surface area contributed by atoms with Crippen LogP contribution < -0.4 is 10.1 Å². The lowest BCUT2D eigenvalue weighted by Gasteiger charge is -2.10. The number of pyridine rings is 1. The largest absolute Gasteiger partial charge is 0.494 e. The lowest BCUT2D eigenvalue weighted by Crippen LogP contribution is -2.14. The maximum atomic E-state index is 12.2. The zero-order chi connectivity index (χ0) is 18.7. The predicted molar refractivity (Wildman–Crippen MR) is 109 cm³/mol. The van der Waals surface area contributed by atoms with Gasteiger partial charge in [-0.25, -0.2) is 4.98 Å². The number of benzene rings is 2. The molecule has 1 amide bonds. The van der Waals surface area contributed by atoms with Crippen LogP contribution in [0.5, 0.6) is 5.75 Å². The van der Waals surface area contributed by atoms with E-state index in [0.717, 1.165) is 21.5 Å². The Hall–Kier alpha value is -1.95. The first kappa shape index (κ1) is 18.8. The van der Waals surface area contributed by atoms with E-state index in [4.69, 9.17) is 27.9 Å². The van der Waals surface area contributed by atoms with Gasteiger partial charge in [-0.15, -0.1) is 0 Å². The number of rotatable bonds is 5. The molecule has 0 aliphatic rings. The monoisotopic (exact) mass is 406 g/mol. The summed E-state index contributed by atoms with van der Waals surface area (Å²) in [5, 5.41) is 5.51. The van der Waals surface area contributed by atoms with Gasteiger partial charge >= 0.3 is 0 Å². The predicted octanol–water partition coefficient (Wildman–Crippen LogP) is 5.59. The standard InChI is InChI=1S/C19H16Cl2N2O2S/c1-11-8-18(23-19-13(11)4-3-5-16(19)25-2)26-10-17(24)22-15-9-12(20)6-7-14(15)21/h3-9H,10H2,1-2H3,(H,22,24). The van der Waals surface area contributed by atoms with Crippen molar-refractivity contribution in [2.45, 2.75) is 11.9 Å². The minimum atomic E-state index is -0.182. The molecule has 2 aromatic carbocycles. The molecule has 7 heteroatoms. The molecule has 0 atom stereocenters. The molecule has 26 heavy (non-hydrogen) atoms. The average molecular weight is 407 g/mol. The molecule has 134 valence electrons. The minimum Gasteiger partial charge on any atom is -0.494 e. The first-order valence-electron chi connectivity index (χ1n) is 7.80. The van der Waals surface area contributed by atoms with E-state index in [2.05, 4.69) is 10.3 Å². The van der Waals surface area contributed by atoms with Crippen molar-refractivity contribution in [1.82, 2.24) is 4.98 Å². The normalized spacial score (nSPS) is 10.8. The average Bonchev–Trinajstić information content (AvgIpc) is 2.62. The Bertz CT molecular complexity index is 979. The van der Waals surface area contributed by atoms with E-state index in [9.17, 15) is 4.79 Å². The smallest absolute Gasteiger partial charge is 0.234 e. The first-order chi connectivity index (χ1) is 12.5. The molecular weight excluding hydrogens is 391 g/mol. The van der Waals surface area contributed by atoms with E-state index in [1.807, 2.05) is 31.2 Å². The van der Waals surface area contributed by atoms with Crippen LogP contribution in [0.1, 0.15) is 5.56 Å². The van der Waals surface area contributed by atoms with Crippen LogP contribution in [0.2, 0.25) is 10.0 Å². The van der Waals surface area contributed by atoms with E-state index in [1.54, 1.807) is 25.3 Å². The Balaban J connectivity index is 1.75. The van der Waals surface area contributed by atoms with Crippen molar-refractivity contribution in [2.75, 3.05) is 18.2 Å². The summed E-state index contributed by atoms with van der Waals surface area (Å²) in [6, 6.07) is 12.7. The number of hydrogen-bond donors (Lipinski definition) is 1. The summed E-state index contributed by atoms with van der Waals surface area (Å²) < 4.78 is 5.39. The Morgan fingerprint density at radius 3 is 2.81 bits per heavy atom. The van der Waals surface area contributed by atoms with Crippen LogP contribution >= 0.6 is 35.0 Å². The van der Waals surface area contributed by atoms with Crippen molar-refractivity contribution in [3.8, 4) is 5.75 Å². The van der Waals surface area contributed by atoms with Gasteiger partial charge in [0.1, 0.15) is 11.3 Å². The summed E-state index contributed by atoms with van der Waals surface area (Å²) >= 11 is 13.4. The molecular formula is C19H16Cl2N2O2S. The SMILES string of the molecule is COc1cccc2c(C)cc(SCC(=O)Nc3cc(Cl)ccc3Cl)nc12. The van der Waals surface area contributed by atoms with Crippen LogP contribution in [-0.4, -0.2) is 23.8 Å². The van der Waals surface area contributed by atoms with E-state index >= 15 is 0 Å². The zero-order valence-electron chi connectivity index (χ0n) is 14.2. The molecule has 0 unspecified atom stereocenters. The second-order valence-corrected chi connectivity index (χ2v) is 7.43. The molecule has 0 saturated carbocycles. The van der Waals surface area contributed by atoms with E-state index in [0.29, 0.717) is 21.5 Å². The van der Waals surface area contributed by atoms with E-state index in [-0.39, 0.29) is 11.7 Å². The summed E-state index contributed by atoms with van der Waals surface area (Å²) in [7, 11) is 1.62. The minimum absolute atomic E-state index is 0.182. The number of carbonyl (C=O) groups is 1. The third-order valence-electron chi connectivity index (χ3n) is 3.76. The zero-order valence-corrected chi connectivity index (χ0v) is 16.5. The van der Waals surface area contributed by atoms with Crippen LogP contribution in [0.25, 0.3) is 10.9 Å². The number of anilines is 1. The third kappa shape index (κ3) is 4.23. The number of para-hydroxylation sites is 1. The molecule has 1 aromatic heterocycles. The molecule has 0 fully saturated rings. The number of nitrogens with zero attached hydrogens (tertiary/aromatic N) is 1. The Morgan fingerprint density at radius 1 is 1.23 bits per heavy atom. The van der Waals surface area contributed by atoms with Gasteiger partial charge in [-0.3, -0.25) is 4.79 Å². The number of amides is 1.